The minimum atomic E-state index is -0.912. The van der Waals surface area contributed by atoms with Gasteiger partial charge in [-0.05, 0) is 63.8 Å². The number of benzene rings is 2. The minimum Gasteiger partial charge on any atom is -0.396 e. The number of aryl methyl sites for hydroxylation is 2. The van der Waals surface area contributed by atoms with Crippen LogP contribution in [0.1, 0.15) is 55.4 Å². The van der Waals surface area contributed by atoms with E-state index in [4.69, 9.17) is 5.73 Å². The van der Waals surface area contributed by atoms with Crippen molar-refractivity contribution in [2.24, 2.45) is 5.73 Å². The van der Waals surface area contributed by atoms with E-state index in [-0.39, 0.29) is 50.0 Å². The van der Waals surface area contributed by atoms with E-state index in [1.165, 1.54) is 0 Å². The highest BCUT2D eigenvalue weighted by atomic mass is 16.3. The smallest absolute Gasteiger partial charge is 0.229 e. The molecule has 1 heterocycles. The number of aliphatic hydroxyl groups excluding tert-OH is 2. The van der Waals surface area contributed by atoms with Gasteiger partial charge in [0, 0.05) is 63.1 Å². The predicted molar refractivity (Wildman–Crippen MR) is 159 cm³/mol. The summed E-state index contributed by atoms with van der Waals surface area (Å²) in [7, 11) is 0. The van der Waals surface area contributed by atoms with Crippen molar-refractivity contribution in [2.75, 3.05) is 37.7 Å². The maximum atomic E-state index is 13.6. The van der Waals surface area contributed by atoms with E-state index in [2.05, 4.69) is 18.2 Å². The molecule has 9 heteroatoms. The Morgan fingerprint density at radius 2 is 1.63 bits per heavy atom. The minimum absolute atomic E-state index is 0.0415. The molecular formula is C32H42N6O3. The monoisotopic (exact) mass is 558 g/mol. The highest BCUT2D eigenvalue weighted by Gasteiger charge is 2.31. The van der Waals surface area contributed by atoms with Gasteiger partial charge in [0.05, 0.1) is 0 Å². The number of amides is 1. The molecule has 41 heavy (non-hydrogen) atoms. The van der Waals surface area contributed by atoms with Crippen LogP contribution in [0.5, 0.6) is 0 Å². The van der Waals surface area contributed by atoms with E-state index >= 15 is 0 Å². The van der Waals surface area contributed by atoms with Crippen LogP contribution in [0, 0.1) is 36.5 Å². The molecule has 0 aromatic heterocycles. The van der Waals surface area contributed by atoms with Crippen LogP contribution in [-0.2, 0) is 16.9 Å². The number of carbonyl (C=O) groups is 1. The Balaban J connectivity index is 1.82. The standard InChI is InChI=1S/C32H42N6O3/c1-23(2)38(29-7-5-6-28(19-29)32(35,9-14-39)10-15-40)30(41)8-11-36-12-13-37(31(36)27(20-33)21-34)22-26-17-24(3)16-25(4)18-26/h5-7,16-19,23,39-40H,8-15,22,35H2,1-4H3. The molecule has 1 amide bonds. The highest BCUT2D eigenvalue weighted by molar-refractivity contribution is 5.94. The Hall–Kier alpha value is -3.89. The normalized spacial score (nSPS) is 13.4. The van der Waals surface area contributed by atoms with E-state index < -0.39 is 5.54 Å². The molecule has 1 fully saturated rings. The zero-order valence-corrected chi connectivity index (χ0v) is 24.6. The lowest BCUT2D eigenvalue weighted by atomic mass is 9.84. The van der Waals surface area contributed by atoms with Crippen molar-refractivity contribution in [3.63, 3.8) is 0 Å². The fraction of sp³-hybridized carbons (Fsp3) is 0.469. The van der Waals surface area contributed by atoms with Crippen molar-refractivity contribution in [1.82, 2.24) is 9.80 Å². The van der Waals surface area contributed by atoms with Crippen molar-refractivity contribution in [3.8, 4) is 12.1 Å². The van der Waals surface area contributed by atoms with Gasteiger partial charge in [-0.15, -0.1) is 0 Å². The molecule has 9 nitrogen and oxygen atoms in total. The van der Waals surface area contributed by atoms with Crippen molar-refractivity contribution in [3.05, 3.63) is 76.1 Å². The molecule has 0 unspecified atom stereocenters. The molecule has 4 N–H and O–H groups in total. The third-order valence-electron chi connectivity index (χ3n) is 7.54. The number of nitrogens with two attached hydrogens (primary N) is 1. The average Bonchev–Trinajstić information content (AvgIpc) is 3.30. The summed E-state index contributed by atoms with van der Waals surface area (Å²) >= 11 is 0. The number of hydrogen-bond acceptors (Lipinski definition) is 8. The van der Waals surface area contributed by atoms with Gasteiger partial charge in [-0.25, -0.2) is 0 Å². The Kier molecular flexibility index (Phi) is 10.9. The fourth-order valence-electron chi connectivity index (χ4n) is 5.71. The molecule has 0 atom stereocenters. The Morgan fingerprint density at radius 3 is 2.20 bits per heavy atom. The first-order chi connectivity index (χ1) is 19.6. The van der Waals surface area contributed by atoms with Crippen LogP contribution in [-0.4, -0.2) is 64.8 Å². The molecule has 0 bridgehead atoms. The summed E-state index contributed by atoms with van der Waals surface area (Å²) in [4.78, 5) is 19.4. The lowest BCUT2D eigenvalue weighted by Gasteiger charge is -2.32. The summed E-state index contributed by atoms with van der Waals surface area (Å²) in [5.74, 6) is 0.479. The quantitative estimate of drug-likeness (QED) is 0.337. The van der Waals surface area contributed by atoms with E-state index in [0.717, 1.165) is 22.3 Å². The fourth-order valence-corrected chi connectivity index (χ4v) is 5.71. The molecule has 0 aliphatic carbocycles. The predicted octanol–water partition coefficient (Wildman–Crippen LogP) is 3.43. The van der Waals surface area contributed by atoms with Gasteiger partial charge in [-0.1, -0.05) is 41.5 Å². The van der Waals surface area contributed by atoms with Gasteiger partial charge in [0.1, 0.15) is 18.0 Å². The molecule has 2 aromatic rings. The summed E-state index contributed by atoms with van der Waals surface area (Å²) in [5, 5.41) is 38.6. The van der Waals surface area contributed by atoms with E-state index in [1.54, 1.807) is 4.90 Å². The number of rotatable bonds is 12. The van der Waals surface area contributed by atoms with Crippen LogP contribution >= 0.6 is 0 Å². The molecule has 1 aliphatic rings. The molecule has 0 radical (unpaired) electrons. The van der Waals surface area contributed by atoms with Crippen molar-refractivity contribution in [1.29, 1.82) is 10.5 Å². The van der Waals surface area contributed by atoms with Crippen molar-refractivity contribution >= 4 is 11.6 Å². The van der Waals surface area contributed by atoms with Gasteiger partial charge in [0.2, 0.25) is 5.91 Å². The molecule has 0 spiro atoms. The summed E-state index contributed by atoms with van der Waals surface area (Å²) in [6, 6.07) is 17.7. The first-order valence-electron chi connectivity index (χ1n) is 14.1. The van der Waals surface area contributed by atoms with Crippen LogP contribution in [0.3, 0.4) is 0 Å². The van der Waals surface area contributed by atoms with Gasteiger partial charge < -0.3 is 30.6 Å². The third kappa shape index (κ3) is 7.65. The Bertz CT molecular complexity index is 1300. The van der Waals surface area contributed by atoms with Crippen LogP contribution in [0.4, 0.5) is 5.69 Å². The average molecular weight is 559 g/mol. The van der Waals surface area contributed by atoms with Crippen LogP contribution < -0.4 is 10.6 Å². The number of carbonyl (C=O) groups excluding carboxylic acids is 1. The number of aliphatic hydroxyl groups is 2. The van der Waals surface area contributed by atoms with Gasteiger partial charge >= 0.3 is 0 Å². The Morgan fingerprint density at radius 1 is 1.02 bits per heavy atom. The van der Waals surface area contributed by atoms with E-state index in [9.17, 15) is 25.5 Å². The second-order valence-corrected chi connectivity index (χ2v) is 11.1. The van der Waals surface area contributed by atoms with Crippen LogP contribution in [0.2, 0.25) is 0 Å². The Labute approximate surface area is 243 Å². The molecule has 1 saturated heterocycles. The second-order valence-electron chi connectivity index (χ2n) is 11.1. The van der Waals surface area contributed by atoms with Crippen LogP contribution in [0.25, 0.3) is 0 Å². The van der Waals surface area contributed by atoms with E-state index in [1.807, 2.05) is 73.9 Å². The topological polar surface area (TPSA) is 141 Å². The first kappa shape index (κ1) is 31.6. The zero-order valence-electron chi connectivity index (χ0n) is 24.6. The van der Waals surface area contributed by atoms with Gasteiger partial charge in [-0.3, -0.25) is 4.79 Å². The largest absolute Gasteiger partial charge is 0.396 e. The molecule has 2 aromatic carbocycles. The SMILES string of the molecule is Cc1cc(C)cc(CN2CCN(CCC(=O)N(c3cccc(C(N)(CCO)CCO)c3)C(C)C)C2=C(C#N)C#N)c1. The van der Waals surface area contributed by atoms with E-state index in [0.29, 0.717) is 37.7 Å². The molecule has 0 saturated carbocycles. The van der Waals surface area contributed by atoms with Crippen LogP contribution in [0.15, 0.2) is 53.9 Å². The highest BCUT2D eigenvalue weighted by Crippen LogP contribution is 2.31. The van der Waals surface area contributed by atoms with Gasteiger partial charge in [-0.2, -0.15) is 10.5 Å². The van der Waals surface area contributed by atoms with Crippen molar-refractivity contribution in [2.45, 2.75) is 65.1 Å². The molecule has 218 valence electrons. The first-order valence-corrected chi connectivity index (χ1v) is 14.1. The summed E-state index contributed by atoms with van der Waals surface area (Å²) < 4.78 is 0. The molecule has 3 rings (SSSR count). The molecule has 1 aliphatic heterocycles. The van der Waals surface area contributed by atoms with Crippen molar-refractivity contribution < 1.29 is 15.0 Å². The third-order valence-corrected chi connectivity index (χ3v) is 7.54. The number of nitrogens with zero attached hydrogens (tertiary/aromatic N) is 5. The summed E-state index contributed by atoms with van der Waals surface area (Å²) in [6.07, 6.45) is 0.763. The number of allylic oxidation sites excluding steroid dienone is 1. The maximum Gasteiger partial charge on any atom is 0.229 e. The number of nitriles is 2. The number of hydrogen-bond donors (Lipinski definition) is 3. The lowest BCUT2D eigenvalue weighted by Crippen LogP contribution is -2.41. The zero-order chi connectivity index (χ0) is 30.2. The maximum absolute atomic E-state index is 13.6. The van der Waals surface area contributed by atoms with Gasteiger partial charge in [0.25, 0.3) is 0 Å². The lowest BCUT2D eigenvalue weighted by molar-refractivity contribution is -0.119. The summed E-state index contributed by atoms with van der Waals surface area (Å²) in [6.45, 7) is 9.94. The van der Waals surface area contributed by atoms with Gasteiger partial charge in [0.15, 0.2) is 5.57 Å². The number of anilines is 1. The second kappa shape index (κ2) is 14.1. The molecular weight excluding hydrogens is 516 g/mol. The summed E-state index contributed by atoms with van der Waals surface area (Å²) in [5.41, 5.74) is 10.6.